The maximum absolute atomic E-state index is 12.6. The number of ether oxygens (including phenoxy) is 1. The number of nitrogens with two attached hydrogens (primary N) is 1. The number of rotatable bonds is 5. The third-order valence-electron chi connectivity index (χ3n) is 3.53. The summed E-state index contributed by atoms with van der Waals surface area (Å²) in [7, 11) is 1.22. The lowest BCUT2D eigenvalue weighted by Crippen LogP contribution is -2.35. The van der Waals surface area contributed by atoms with Crippen molar-refractivity contribution in [2.24, 2.45) is 0 Å². The quantitative estimate of drug-likeness (QED) is 0.617. The highest BCUT2D eigenvalue weighted by molar-refractivity contribution is 6.31. The minimum absolute atomic E-state index is 0.0725. The molecular weight excluding hydrogens is 374 g/mol. The Balaban J connectivity index is 1.90. The van der Waals surface area contributed by atoms with Crippen LogP contribution in [0.4, 0.5) is 5.82 Å². The normalized spacial score (nSPS) is 11.6. The highest BCUT2D eigenvalue weighted by Crippen LogP contribution is 2.20. The molecule has 2 aromatic heterocycles. The molecule has 0 aliphatic carbocycles. The molecule has 1 atom stereocenters. The first-order valence-corrected chi connectivity index (χ1v) is 8.02. The van der Waals surface area contributed by atoms with Crippen LogP contribution in [-0.4, -0.2) is 43.9 Å². The third kappa shape index (κ3) is 3.85. The largest absolute Gasteiger partial charge is 0.467 e. The van der Waals surface area contributed by atoms with Crippen LogP contribution in [0.25, 0.3) is 5.82 Å². The van der Waals surface area contributed by atoms with Gasteiger partial charge in [-0.15, -0.1) is 4.80 Å². The number of methoxy groups -OCH3 is 1. The maximum Gasteiger partial charge on any atom is 0.333 e. The van der Waals surface area contributed by atoms with Crippen molar-refractivity contribution in [1.82, 2.24) is 30.3 Å². The van der Waals surface area contributed by atoms with Gasteiger partial charge in [0, 0.05) is 0 Å². The molecular formula is C16H14ClN7O3. The van der Waals surface area contributed by atoms with Gasteiger partial charge in [-0.3, -0.25) is 4.79 Å². The number of halogens is 1. The number of anilines is 1. The van der Waals surface area contributed by atoms with E-state index in [1.807, 2.05) is 0 Å². The zero-order valence-corrected chi connectivity index (χ0v) is 14.8. The fraction of sp³-hybridized carbons (Fsp3) is 0.125. The SMILES string of the molecule is COC(=O)[C@@H](NC(=O)c1nc(Cl)c(-n2nccn2)nc1N)c1ccccc1. The summed E-state index contributed by atoms with van der Waals surface area (Å²) in [6.07, 6.45) is 2.85. The Morgan fingerprint density at radius 3 is 2.48 bits per heavy atom. The molecule has 0 radical (unpaired) electrons. The van der Waals surface area contributed by atoms with Gasteiger partial charge in [0.25, 0.3) is 5.91 Å². The fourth-order valence-corrected chi connectivity index (χ4v) is 2.48. The van der Waals surface area contributed by atoms with Gasteiger partial charge in [-0.2, -0.15) is 10.2 Å². The summed E-state index contributed by atoms with van der Waals surface area (Å²) >= 11 is 6.08. The number of aromatic nitrogens is 5. The molecule has 10 nitrogen and oxygen atoms in total. The van der Waals surface area contributed by atoms with Gasteiger partial charge < -0.3 is 15.8 Å². The maximum atomic E-state index is 12.6. The Morgan fingerprint density at radius 2 is 1.85 bits per heavy atom. The zero-order chi connectivity index (χ0) is 19.4. The molecule has 3 rings (SSSR count). The van der Waals surface area contributed by atoms with Crippen LogP contribution in [0.1, 0.15) is 22.1 Å². The van der Waals surface area contributed by atoms with E-state index in [2.05, 4.69) is 25.5 Å². The molecule has 1 amide bonds. The molecule has 0 bridgehead atoms. The second-order valence-electron chi connectivity index (χ2n) is 5.23. The Bertz CT molecular complexity index is 964. The Morgan fingerprint density at radius 1 is 1.19 bits per heavy atom. The van der Waals surface area contributed by atoms with Gasteiger partial charge in [0.05, 0.1) is 19.5 Å². The first kappa shape index (κ1) is 18.3. The molecule has 138 valence electrons. The van der Waals surface area contributed by atoms with Crippen LogP contribution >= 0.6 is 11.6 Å². The van der Waals surface area contributed by atoms with Crippen molar-refractivity contribution in [3.05, 3.63) is 59.1 Å². The summed E-state index contributed by atoms with van der Waals surface area (Å²) in [4.78, 5) is 33.8. The Kier molecular flexibility index (Phi) is 5.27. The second-order valence-corrected chi connectivity index (χ2v) is 5.59. The topological polar surface area (TPSA) is 138 Å². The van der Waals surface area contributed by atoms with Crippen molar-refractivity contribution in [2.45, 2.75) is 6.04 Å². The predicted molar refractivity (Wildman–Crippen MR) is 95.0 cm³/mol. The molecule has 1 aromatic carbocycles. The van der Waals surface area contributed by atoms with Crippen LogP contribution in [0.3, 0.4) is 0 Å². The first-order valence-electron chi connectivity index (χ1n) is 7.64. The van der Waals surface area contributed by atoms with Crippen LogP contribution in [0.2, 0.25) is 5.15 Å². The van der Waals surface area contributed by atoms with Crippen molar-refractivity contribution in [3.63, 3.8) is 0 Å². The minimum Gasteiger partial charge on any atom is -0.467 e. The average Bonchev–Trinajstić information content (AvgIpc) is 3.22. The molecule has 27 heavy (non-hydrogen) atoms. The predicted octanol–water partition coefficient (Wildman–Crippen LogP) is 0.937. The number of benzene rings is 1. The summed E-state index contributed by atoms with van der Waals surface area (Å²) in [6.45, 7) is 0. The number of nitrogens with one attached hydrogen (secondary N) is 1. The first-order chi connectivity index (χ1) is 13.0. The third-order valence-corrected chi connectivity index (χ3v) is 3.79. The minimum atomic E-state index is -1.05. The number of carbonyl (C=O) groups is 2. The lowest BCUT2D eigenvalue weighted by molar-refractivity contribution is -0.143. The molecule has 3 aromatic rings. The smallest absolute Gasteiger partial charge is 0.333 e. The molecule has 0 saturated heterocycles. The second kappa shape index (κ2) is 7.79. The molecule has 2 heterocycles. The highest BCUT2D eigenvalue weighted by atomic mass is 35.5. The molecule has 11 heteroatoms. The van der Waals surface area contributed by atoms with Crippen molar-refractivity contribution < 1.29 is 14.3 Å². The Hall–Kier alpha value is -3.53. The van der Waals surface area contributed by atoms with Crippen molar-refractivity contribution in [2.75, 3.05) is 12.8 Å². The standard InChI is InChI=1S/C16H14ClN7O3/c1-27-16(26)10(9-5-3-2-4-6-9)22-15(25)11-13(18)23-14(12(17)21-11)24-19-7-8-20-24/h2-8,10H,1H3,(H2,18,23)(H,22,25)/t10-/m0/s1. The summed E-state index contributed by atoms with van der Waals surface area (Å²) in [5.41, 5.74) is 6.14. The molecule has 0 aliphatic rings. The fourth-order valence-electron chi connectivity index (χ4n) is 2.28. The number of nitrogens with zero attached hydrogens (tertiary/aromatic N) is 5. The van der Waals surface area contributed by atoms with Crippen LogP contribution in [0, 0.1) is 0 Å². The zero-order valence-electron chi connectivity index (χ0n) is 14.0. The number of carbonyl (C=O) groups excluding carboxylic acids is 2. The van der Waals surface area contributed by atoms with Gasteiger partial charge in [-0.1, -0.05) is 41.9 Å². The van der Waals surface area contributed by atoms with E-state index in [0.717, 1.165) is 4.80 Å². The monoisotopic (exact) mass is 387 g/mol. The van der Waals surface area contributed by atoms with E-state index < -0.39 is 17.9 Å². The summed E-state index contributed by atoms with van der Waals surface area (Å²) in [6, 6.07) is 7.55. The number of nitrogen functional groups attached to an aromatic ring is 1. The van der Waals surface area contributed by atoms with E-state index in [1.54, 1.807) is 30.3 Å². The van der Waals surface area contributed by atoms with Crippen LogP contribution in [-0.2, 0) is 9.53 Å². The van der Waals surface area contributed by atoms with Gasteiger partial charge in [-0.05, 0) is 5.56 Å². The van der Waals surface area contributed by atoms with Crippen LogP contribution < -0.4 is 11.1 Å². The van der Waals surface area contributed by atoms with Gasteiger partial charge >= 0.3 is 5.97 Å². The van der Waals surface area contributed by atoms with Crippen molar-refractivity contribution in [1.29, 1.82) is 0 Å². The van der Waals surface area contributed by atoms with E-state index in [0.29, 0.717) is 5.56 Å². The molecule has 3 N–H and O–H groups in total. The van der Waals surface area contributed by atoms with Crippen LogP contribution in [0.5, 0.6) is 0 Å². The van der Waals surface area contributed by atoms with E-state index in [1.165, 1.54) is 19.5 Å². The van der Waals surface area contributed by atoms with Gasteiger partial charge in [0.15, 0.2) is 22.7 Å². The Labute approximate surface area is 158 Å². The molecule has 0 spiro atoms. The van der Waals surface area contributed by atoms with E-state index >= 15 is 0 Å². The summed E-state index contributed by atoms with van der Waals surface area (Å²) in [5.74, 6) is -1.50. The van der Waals surface area contributed by atoms with E-state index in [-0.39, 0.29) is 22.5 Å². The molecule has 0 fully saturated rings. The highest BCUT2D eigenvalue weighted by Gasteiger charge is 2.26. The summed E-state index contributed by atoms with van der Waals surface area (Å²) < 4.78 is 4.76. The lowest BCUT2D eigenvalue weighted by atomic mass is 10.1. The summed E-state index contributed by atoms with van der Waals surface area (Å²) in [5, 5.41) is 10.2. The van der Waals surface area contributed by atoms with E-state index in [9.17, 15) is 9.59 Å². The van der Waals surface area contributed by atoms with E-state index in [4.69, 9.17) is 22.1 Å². The average molecular weight is 388 g/mol. The lowest BCUT2D eigenvalue weighted by Gasteiger charge is -2.17. The number of hydrogen-bond acceptors (Lipinski definition) is 8. The van der Waals surface area contributed by atoms with Gasteiger partial charge in [0.2, 0.25) is 5.82 Å². The molecule has 0 unspecified atom stereocenters. The number of amides is 1. The number of esters is 1. The molecule has 0 aliphatic heterocycles. The van der Waals surface area contributed by atoms with Crippen molar-refractivity contribution >= 4 is 29.3 Å². The van der Waals surface area contributed by atoms with Gasteiger partial charge in [-0.25, -0.2) is 14.8 Å². The number of hydrogen-bond donors (Lipinski definition) is 2. The van der Waals surface area contributed by atoms with Crippen LogP contribution in [0.15, 0.2) is 42.7 Å². The van der Waals surface area contributed by atoms with Gasteiger partial charge in [0.1, 0.15) is 0 Å². The van der Waals surface area contributed by atoms with Crippen molar-refractivity contribution in [3.8, 4) is 5.82 Å². The molecule has 0 saturated carbocycles.